The van der Waals surface area contributed by atoms with Crippen LogP contribution in [0.1, 0.15) is 18.4 Å². The summed E-state index contributed by atoms with van der Waals surface area (Å²) in [5, 5.41) is 5.49. The van der Waals surface area contributed by atoms with Crippen molar-refractivity contribution in [2.75, 3.05) is 12.8 Å². The second-order valence-corrected chi connectivity index (χ2v) is 7.50. The fourth-order valence-corrected chi connectivity index (χ4v) is 3.83. The molecule has 20 heavy (non-hydrogen) atoms. The molecular formula is C16H18FNS2. The van der Waals surface area contributed by atoms with E-state index in [2.05, 4.69) is 11.6 Å². The minimum absolute atomic E-state index is 0.140. The van der Waals surface area contributed by atoms with Crippen molar-refractivity contribution in [3.05, 3.63) is 47.1 Å². The van der Waals surface area contributed by atoms with Gasteiger partial charge in [-0.15, -0.1) is 11.3 Å². The molecule has 1 saturated carbocycles. The number of thiophene rings is 1. The number of benzene rings is 1. The van der Waals surface area contributed by atoms with Gasteiger partial charge in [0.2, 0.25) is 0 Å². The maximum atomic E-state index is 13.9. The minimum atomic E-state index is -0.140. The molecule has 106 valence electrons. The van der Waals surface area contributed by atoms with E-state index in [1.807, 2.05) is 41.4 Å². The van der Waals surface area contributed by atoms with Gasteiger partial charge in [-0.2, -0.15) is 11.8 Å². The van der Waals surface area contributed by atoms with E-state index in [0.29, 0.717) is 10.3 Å². The number of rotatable bonds is 6. The summed E-state index contributed by atoms with van der Waals surface area (Å²) in [6.45, 7) is 1.85. The highest BCUT2D eigenvalue weighted by Crippen LogP contribution is 2.46. The van der Waals surface area contributed by atoms with Crippen LogP contribution < -0.4 is 5.32 Å². The van der Waals surface area contributed by atoms with Crippen LogP contribution >= 0.6 is 23.1 Å². The number of hydrogen-bond donors (Lipinski definition) is 1. The third-order valence-corrected chi connectivity index (χ3v) is 6.16. The average molecular weight is 307 g/mol. The highest BCUT2D eigenvalue weighted by atomic mass is 32.2. The van der Waals surface area contributed by atoms with Crippen molar-refractivity contribution in [2.45, 2.75) is 24.1 Å². The van der Waals surface area contributed by atoms with Gasteiger partial charge >= 0.3 is 0 Å². The molecule has 1 N–H and O–H groups in total. The molecule has 2 aromatic rings. The third-order valence-electron chi connectivity index (χ3n) is 3.83. The molecule has 0 atom stereocenters. The number of thioether (sulfide) groups is 1. The van der Waals surface area contributed by atoms with Crippen molar-refractivity contribution in [3.8, 4) is 10.4 Å². The molecule has 0 bridgehead atoms. The number of nitrogens with one attached hydrogen (secondary N) is 1. The van der Waals surface area contributed by atoms with Gasteiger partial charge in [0.25, 0.3) is 0 Å². The van der Waals surface area contributed by atoms with Gasteiger partial charge in [-0.25, -0.2) is 4.39 Å². The van der Waals surface area contributed by atoms with E-state index < -0.39 is 0 Å². The van der Waals surface area contributed by atoms with E-state index in [0.717, 1.165) is 23.5 Å². The Balaban J connectivity index is 1.67. The standard InChI is InChI=1S/C16H18FNS2/c1-19-16(6-7-16)11-18-10-12-4-5-14(17)13(9-12)15-3-2-8-20-15/h2-5,8-9,18H,6-7,10-11H2,1H3. The van der Waals surface area contributed by atoms with Gasteiger partial charge in [0.15, 0.2) is 0 Å². The Morgan fingerprint density at radius 2 is 2.20 bits per heavy atom. The second-order valence-electron chi connectivity index (χ2n) is 5.28. The quantitative estimate of drug-likeness (QED) is 0.841. The highest BCUT2D eigenvalue weighted by Gasteiger charge is 2.41. The third kappa shape index (κ3) is 3.08. The number of halogens is 1. The van der Waals surface area contributed by atoms with Crippen molar-refractivity contribution < 1.29 is 4.39 Å². The van der Waals surface area contributed by atoms with Crippen molar-refractivity contribution in [1.29, 1.82) is 0 Å². The van der Waals surface area contributed by atoms with Crippen molar-refractivity contribution in [2.24, 2.45) is 0 Å². The normalized spacial score (nSPS) is 16.3. The Bertz CT molecular complexity index is 576. The minimum Gasteiger partial charge on any atom is -0.311 e. The zero-order valence-electron chi connectivity index (χ0n) is 11.5. The second kappa shape index (κ2) is 5.88. The molecule has 4 heteroatoms. The Kier molecular flexibility index (Phi) is 4.15. The van der Waals surface area contributed by atoms with Gasteiger partial charge in [0.1, 0.15) is 5.82 Å². The Morgan fingerprint density at radius 3 is 2.85 bits per heavy atom. The van der Waals surface area contributed by atoms with Crippen LogP contribution in [-0.4, -0.2) is 17.5 Å². The predicted molar refractivity (Wildman–Crippen MR) is 86.9 cm³/mol. The SMILES string of the molecule is CSC1(CNCc2ccc(F)c(-c3cccs3)c2)CC1. The first-order valence-corrected chi connectivity index (χ1v) is 8.91. The van der Waals surface area contributed by atoms with Gasteiger partial charge in [0.05, 0.1) is 0 Å². The molecule has 0 amide bonds. The van der Waals surface area contributed by atoms with E-state index in [-0.39, 0.29) is 5.82 Å². The molecule has 0 aliphatic heterocycles. The summed E-state index contributed by atoms with van der Waals surface area (Å²) in [4.78, 5) is 0.993. The van der Waals surface area contributed by atoms with Crippen LogP contribution in [0, 0.1) is 5.82 Å². The van der Waals surface area contributed by atoms with Gasteiger partial charge in [-0.05, 0) is 48.2 Å². The van der Waals surface area contributed by atoms with E-state index >= 15 is 0 Å². The van der Waals surface area contributed by atoms with Gasteiger partial charge in [-0.1, -0.05) is 12.1 Å². The lowest BCUT2D eigenvalue weighted by Crippen LogP contribution is -2.25. The molecule has 1 aromatic carbocycles. The monoisotopic (exact) mass is 307 g/mol. The molecule has 1 aromatic heterocycles. The van der Waals surface area contributed by atoms with Crippen molar-refractivity contribution in [1.82, 2.24) is 5.32 Å². The molecule has 1 aliphatic carbocycles. The first-order valence-electron chi connectivity index (χ1n) is 6.81. The van der Waals surface area contributed by atoms with E-state index in [1.165, 1.54) is 12.8 Å². The first-order chi connectivity index (χ1) is 9.72. The molecule has 0 spiro atoms. The molecule has 0 saturated heterocycles. The van der Waals surface area contributed by atoms with Crippen LogP contribution in [0.2, 0.25) is 0 Å². The molecule has 0 unspecified atom stereocenters. The Morgan fingerprint density at radius 1 is 1.35 bits per heavy atom. The van der Waals surface area contributed by atoms with E-state index in [4.69, 9.17) is 0 Å². The Labute approximate surface area is 127 Å². The van der Waals surface area contributed by atoms with Crippen molar-refractivity contribution >= 4 is 23.1 Å². The van der Waals surface area contributed by atoms with E-state index in [9.17, 15) is 4.39 Å². The van der Waals surface area contributed by atoms with Crippen molar-refractivity contribution in [3.63, 3.8) is 0 Å². The lowest BCUT2D eigenvalue weighted by atomic mass is 10.1. The maximum Gasteiger partial charge on any atom is 0.131 e. The largest absolute Gasteiger partial charge is 0.311 e. The summed E-state index contributed by atoms with van der Waals surface area (Å²) in [5.41, 5.74) is 1.86. The lowest BCUT2D eigenvalue weighted by molar-refractivity contribution is 0.627. The summed E-state index contributed by atoms with van der Waals surface area (Å²) in [6, 6.07) is 9.34. The zero-order chi connectivity index (χ0) is 14.0. The average Bonchev–Trinajstić information content (AvgIpc) is 3.03. The van der Waals surface area contributed by atoms with Crippen LogP contribution in [0.15, 0.2) is 35.7 Å². The number of hydrogen-bond acceptors (Lipinski definition) is 3. The maximum absolute atomic E-state index is 13.9. The van der Waals surface area contributed by atoms with Gasteiger partial charge < -0.3 is 5.32 Å². The van der Waals surface area contributed by atoms with Crippen LogP contribution in [-0.2, 0) is 6.54 Å². The molecule has 1 fully saturated rings. The smallest absolute Gasteiger partial charge is 0.131 e. The Hall–Kier alpha value is -0.840. The zero-order valence-corrected chi connectivity index (χ0v) is 13.1. The predicted octanol–water partition coefficient (Wildman–Crippen LogP) is 4.54. The molecule has 1 heterocycles. The van der Waals surface area contributed by atoms with Gasteiger partial charge in [-0.3, -0.25) is 0 Å². The van der Waals surface area contributed by atoms with Crippen LogP contribution in [0.5, 0.6) is 0 Å². The topological polar surface area (TPSA) is 12.0 Å². The summed E-state index contributed by atoms with van der Waals surface area (Å²) >= 11 is 3.53. The van der Waals surface area contributed by atoms with Crippen LogP contribution in [0.25, 0.3) is 10.4 Å². The summed E-state index contributed by atoms with van der Waals surface area (Å²) < 4.78 is 14.4. The molecular weight excluding hydrogens is 289 g/mol. The summed E-state index contributed by atoms with van der Waals surface area (Å²) in [7, 11) is 0. The summed E-state index contributed by atoms with van der Waals surface area (Å²) in [6.07, 6.45) is 4.80. The first kappa shape index (κ1) is 14.1. The van der Waals surface area contributed by atoms with Gasteiger partial charge in [0, 0.05) is 28.3 Å². The fraction of sp³-hybridized carbons (Fsp3) is 0.375. The molecule has 3 rings (SSSR count). The highest BCUT2D eigenvalue weighted by molar-refractivity contribution is 8.00. The van der Waals surface area contributed by atoms with Crippen LogP contribution in [0.3, 0.4) is 0 Å². The molecule has 1 nitrogen and oxygen atoms in total. The van der Waals surface area contributed by atoms with E-state index in [1.54, 1.807) is 17.4 Å². The molecule has 1 aliphatic rings. The summed E-state index contributed by atoms with van der Waals surface area (Å²) in [5.74, 6) is -0.140. The lowest BCUT2D eigenvalue weighted by Gasteiger charge is -2.13. The fourth-order valence-electron chi connectivity index (χ4n) is 2.33. The van der Waals surface area contributed by atoms with Crippen LogP contribution in [0.4, 0.5) is 4.39 Å². The molecule has 0 radical (unpaired) electrons.